The molecular weight excluding hydrogens is 280 g/mol. The molecular formula is C18H24O4. The van der Waals surface area contributed by atoms with Crippen molar-refractivity contribution in [1.82, 2.24) is 0 Å². The maximum absolute atomic E-state index is 11.4. The van der Waals surface area contributed by atoms with Gasteiger partial charge in [0.2, 0.25) is 0 Å². The summed E-state index contributed by atoms with van der Waals surface area (Å²) in [6.07, 6.45) is 14.2. The zero-order valence-electron chi connectivity index (χ0n) is 13.3. The summed E-state index contributed by atoms with van der Waals surface area (Å²) in [5.41, 5.74) is 0.346. The van der Waals surface area contributed by atoms with E-state index in [2.05, 4.69) is 24.3 Å². The van der Waals surface area contributed by atoms with Crippen molar-refractivity contribution in [3.63, 3.8) is 0 Å². The summed E-state index contributed by atoms with van der Waals surface area (Å²) in [5.74, 6) is -0.615. The zero-order valence-corrected chi connectivity index (χ0v) is 13.3. The summed E-state index contributed by atoms with van der Waals surface area (Å²) in [7, 11) is 0. The molecule has 0 radical (unpaired) electrons. The number of hydrogen-bond acceptors (Lipinski definition) is 4. The summed E-state index contributed by atoms with van der Waals surface area (Å²) in [6, 6.07) is 0. The summed E-state index contributed by atoms with van der Waals surface area (Å²) in [4.78, 5) is 22.8. The van der Waals surface area contributed by atoms with Crippen LogP contribution in [0.5, 0.6) is 0 Å². The second-order valence-electron chi connectivity index (χ2n) is 6.90. The van der Waals surface area contributed by atoms with Crippen LogP contribution in [-0.4, -0.2) is 24.1 Å². The van der Waals surface area contributed by atoms with Gasteiger partial charge in [-0.1, -0.05) is 24.3 Å². The molecule has 4 heteroatoms. The first-order valence-corrected chi connectivity index (χ1v) is 8.16. The lowest BCUT2D eigenvalue weighted by Crippen LogP contribution is -2.42. The molecule has 0 N–H and O–H groups in total. The van der Waals surface area contributed by atoms with E-state index in [0.29, 0.717) is 0 Å². The summed E-state index contributed by atoms with van der Waals surface area (Å²) >= 11 is 0. The monoisotopic (exact) mass is 304 g/mol. The third kappa shape index (κ3) is 2.49. The number of ether oxygens (including phenoxy) is 2. The molecule has 3 aliphatic rings. The predicted octanol–water partition coefficient (Wildman–Crippen LogP) is 3.32. The van der Waals surface area contributed by atoms with Crippen LogP contribution in [0.4, 0.5) is 0 Å². The van der Waals surface area contributed by atoms with E-state index in [-0.39, 0.29) is 35.0 Å². The average Bonchev–Trinajstić information content (AvgIpc) is 2.91. The standard InChI is InChI=1S/C18H24O4/c1-13(19)21-15-5-11-17-7-3-9-18(17,10-4-8-17)12-6-16(15)22-14(2)20/h3-4,7,10,15-16H,5-6,8-9,11-12H2,1-2H3. The summed E-state index contributed by atoms with van der Waals surface area (Å²) in [5, 5.41) is 0. The molecule has 0 aromatic carbocycles. The Morgan fingerprint density at radius 1 is 0.864 bits per heavy atom. The molecule has 4 atom stereocenters. The molecule has 0 amide bonds. The highest BCUT2D eigenvalue weighted by molar-refractivity contribution is 5.67. The second-order valence-corrected chi connectivity index (χ2v) is 6.90. The van der Waals surface area contributed by atoms with E-state index in [1.165, 1.54) is 13.8 Å². The van der Waals surface area contributed by atoms with Crippen molar-refractivity contribution >= 4 is 11.9 Å². The predicted molar refractivity (Wildman–Crippen MR) is 82.0 cm³/mol. The van der Waals surface area contributed by atoms with Crippen molar-refractivity contribution in [3.05, 3.63) is 24.3 Å². The summed E-state index contributed by atoms with van der Waals surface area (Å²) < 4.78 is 10.9. The van der Waals surface area contributed by atoms with Crippen molar-refractivity contribution in [2.24, 2.45) is 10.8 Å². The quantitative estimate of drug-likeness (QED) is 0.580. The minimum Gasteiger partial charge on any atom is -0.459 e. The largest absolute Gasteiger partial charge is 0.459 e. The Labute approximate surface area is 131 Å². The topological polar surface area (TPSA) is 52.6 Å². The van der Waals surface area contributed by atoms with Gasteiger partial charge >= 0.3 is 11.9 Å². The van der Waals surface area contributed by atoms with Gasteiger partial charge in [-0.25, -0.2) is 0 Å². The van der Waals surface area contributed by atoms with Gasteiger partial charge in [-0.05, 0) is 38.5 Å². The Kier molecular flexibility index (Phi) is 3.87. The van der Waals surface area contributed by atoms with Crippen molar-refractivity contribution in [1.29, 1.82) is 0 Å². The first kappa shape index (κ1) is 15.3. The maximum Gasteiger partial charge on any atom is 0.303 e. The van der Waals surface area contributed by atoms with E-state index in [9.17, 15) is 9.59 Å². The zero-order chi connectivity index (χ0) is 15.8. The van der Waals surface area contributed by atoms with Crippen molar-refractivity contribution in [2.75, 3.05) is 0 Å². The van der Waals surface area contributed by atoms with E-state index in [1.54, 1.807) is 0 Å². The molecule has 3 rings (SSSR count). The molecule has 1 fully saturated rings. The van der Waals surface area contributed by atoms with Crippen LogP contribution in [0.15, 0.2) is 24.3 Å². The maximum atomic E-state index is 11.4. The van der Waals surface area contributed by atoms with Gasteiger partial charge in [0, 0.05) is 24.7 Å². The van der Waals surface area contributed by atoms with Crippen LogP contribution in [0.1, 0.15) is 52.4 Å². The molecule has 3 aliphatic carbocycles. The van der Waals surface area contributed by atoms with Gasteiger partial charge in [0.1, 0.15) is 12.2 Å². The van der Waals surface area contributed by atoms with Crippen molar-refractivity contribution in [2.45, 2.75) is 64.6 Å². The lowest BCUT2D eigenvalue weighted by molar-refractivity contribution is -0.169. The molecule has 0 heterocycles. The number of carbonyl (C=O) groups is 2. The highest BCUT2D eigenvalue weighted by Gasteiger charge is 2.53. The van der Waals surface area contributed by atoms with Gasteiger partial charge in [0.15, 0.2) is 0 Å². The molecule has 0 spiro atoms. The molecule has 0 aliphatic heterocycles. The van der Waals surface area contributed by atoms with Crippen LogP contribution in [0, 0.1) is 10.8 Å². The van der Waals surface area contributed by atoms with E-state index in [4.69, 9.17) is 9.47 Å². The number of allylic oxidation sites excluding steroid dienone is 4. The van der Waals surface area contributed by atoms with Crippen LogP contribution in [-0.2, 0) is 19.1 Å². The SMILES string of the molecule is CC(=O)OC1CCC23C=CCC2(C=CC3)CCC1OC(C)=O. The molecule has 120 valence electrons. The fourth-order valence-electron chi connectivity index (χ4n) is 4.60. The average molecular weight is 304 g/mol. The Balaban J connectivity index is 1.83. The van der Waals surface area contributed by atoms with Gasteiger partial charge in [-0.2, -0.15) is 0 Å². The molecule has 0 aromatic heterocycles. The van der Waals surface area contributed by atoms with Crippen LogP contribution in [0.2, 0.25) is 0 Å². The number of rotatable bonds is 2. The molecule has 4 unspecified atom stereocenters. The van der Waals surface area contributed by atoms with Gasteiger partial charge in [-0.3, -0.25) is 9.59 Å². The van der Waals surface area contributed by atoms with E-state index >= 15 is 0 Å². The van der Waals surface area contributed by atoms with Crippen molar-refractivity contribution < 1.29 is 19.1 Å². The first-order valence-electron chi connectivity index (χ1n) is 8.16. The highest BCUT2D eigenvalue weighted by Crippen LogP contribution is 2.62. The van der Waals surface area contributed by atoms with Gasteiger partial charge in [0.05, 0.1) is 0 Å². The lowest BCUT2D eigenvalue weighted by Gasteiger charge is -2.44. The van der Waals surface area contributed by atoms with Gasteiger partial charge in [0.25, 0.3) is 0 Å². The van der Waals surface area contributed by atoms with E-state index < -0.39 is 0 Å². The first-order chi connectivity index (χ1) is 10.5. The molecule has 0 saturated heterocycles. The Morgan fingerprint density at radius 2 is 1.27 bits per heavy atom. The van der Waals surface area contributed by atoms with E-state index in [1.807, 2.05) is 0 Å². The minimum absolute atomic E-state index is 0.173. The van der Waals surface area contributed by atoms with Crippen LogP contribution < -0.4 is 0 Å². The number of esters is 2. The van der Waals surface area contributed by atoms with Crippen molar-refractivity contribution in [3.8, 4) is 0 Å². The molecule has 1 saturated carbocycles. The fraction of sp³-hybridized carbons (Fsp3) is 0.667. The van der Waals surface area contributed by atoms with E-state index in [0.717, 1.165) is 38.5 Å². The molecule has 4 nitrogen and oxygen atoms in total. The number of hydrogen-bond donors (Lipinski definition) is 0. The molecule has 0 bridgehead atoms. The Hall–Kier alpha value is -1.58. The Bertz CT molecular complexity index is 487. The van der Waals surface area contributed by atoms with Gasteiger partial charge in [-0.15, -0.1) is 0 Å². The van der Waals surface area contributed by atoms with Crippen LogP contribution in [0.25, 0.3) is 0 Å². The fourth-order valence-corrected chi connectivity index (χ4v) is 4.60. The van der Waals surface area contributed by atoms with Crippen LogP contribution in [0.3, 0.4) is 0 Å². The minimum atomic E-state index is -0.330. The molecule has 0 aromatic rings. The second kappa shape index (κ2) is 5.56. The molecule has 22 heavy (non-hydrogen) atoms. The normalized spacial score (nSPS) is 39.5. The van der Waals surface area contributed by atoms with Crippen LogP contribution >= 0.6 is 0 Å². The Morgan fingerprint density at radius 3 is 1.64 bits per heavy atom. The van der Waals surface area contributed by atoms with Gasteiger partial charge < -0.3 is 9.47 Å². The third-order valence-corrected chi connectivity index (χ3v) is 5.63. The smallest absolute Gasteiger partial charge is 0.303 e. The lowest BCUT2D eigenvalue weighted by atomic mass is 9.61. The third-order valence-electron chi connectivity index (χ3n) is 5.63. The highest BCUT2D eigenvalue weighted by atomic mass is 16.6. The summed E-state index contributed by atoms with van der Waals surface area (Å²) in [6.45, 7) is 2.83. The number of carbonyl (C=O) groups excluding carboxylic acids is 2.